The van der Waals surface area contributed by atoms with Gasteiger partial charge in [-0.15, -0.1) is 0 Å². The highest BCUT2D eigenvalue weighted by molar-refractivity contribution is 7.80. The van der Waals surface area contributed by atoms with Gasteiger partial charge in [-0.25, -0.2) is 0 Å². The number of amides is 1. The first-order valence-electron chi connectivity index (χ1n) is 4.33. The van der Waals surface area contributed by atoms with Crippen molar-refractivity contribution in [1.29, 1.82) is 0 Å². The number of carbonyl (C=O) groups excluding carboxylic acids is 1. The van der Waals surface area contributed by atoms with Crippen LogP contribution >= 0.6 is 23.8 Å². The SMILES string of the molecule is CC(CNC(=O)c1ccoc1Cl)C(N)=S. The van der Waals surface area contributed by atoms with Crippen LogP contribution in [-0.2, 0) is 0 Å². The molecule has 6 heteroatoms. The molecule has 0 fully saturated rings. The summed E-state index contributed by atoms with van der Waals surface area (Å²) in [5.41, 5.74) is 5.72. The van der Waals surface area contributed by atoms with Gasteiger partial charge in [0.1, 0.15) is 0 Å². The van der Waals surface area contributed by atoms with Gasteiger partial charge in [-0.05, 0) is 17.7 Å². The third kappa shape index (κ3) is 3.21. The lowest BCUT2D eigenvalue weighted by Gasteiger charge is -2.09. The Morgan fingerprint density at radius 2 is 2.47 bits per heavy atom. The van der Waals surface area contributed by atoms with Gasteiger partial charge < -0.3 is 15.5 Å². The van der Waals surface area contributed by atoms with Crippen molar-refractivity contribution in [3.05, 3.63) is 23.1 Å². The van der Waals surface area contributed by atoms with E-state index in [1.807, 2.05) is 6.92 Å². The number of nitrogens with one attached hydrogen (secondary N) is 1. The topological polar surface area (TPSA) is 68.3 Å². The molecule has 0 radical (unpaired) electrons. The molecule has 0 saturated heterocycles. The van der Waals surface area contributed by atoms with Gasteiger partial charge in [-0.1, -0.05) is 19.1 Å². The van der Waals surface area contributed by atoms with Crippen LogP contribution < -0.4 is 11.1 Å². The summed E-state index contributed by atoms with van der Waals surface area (Å²) < 4.78 is 4.79. The predicted octanol–water partition coefficient (Wildman–Crippen LogP) is 1.59. The monoisotopic (exact) mass is 246 g/mol. The molecule has 0 aliphatic rings. The van der Waals surface area contributed by atoms with Gasteiger partial charge in [0.25, 0.3) is 5.91 Å². The molecule has 0 spiro atoms. The van der Waals surface area contributed by atoms with Gasteiger partial charge in [0.15, 0.2) is 0 Å². The summed E-state index contributed by atoms with van der Waals surface area (Å²) in [7, 11) is 0. The van der Waals surface area contributed by atoms with E-state index < -0.39 is 0 Å². The van der Waals surface area contributed by atoms with Gasteiger partial charge in [0.05, 0.1) is 16.8 Å². The lowest BCUT2D eigenvalue weighted by atomic mass is 10.2. The maximum absolute atomic E-state index is 11.5. The molecule has 1 unspecified atom stereocenters. The van der Waals surface area contributed by atoms with E-state index in [2.05, 4.69) is 5.32 Å². The normalized spacial score (nSPS) is 12.1. The lowest BCUT2D eigenvalue weighted by molar-refractivity contribution is 0.0951. The third-order valence-corrected chi connectivity index (χ3v) is 2.61. The summed E-state index contributed by atoms with van der Waals surface area (Å²) in [4.78, 5) is 11.9. The Labute approximate surface area is 97.8 Å². The zero-order chi connectivity index (χ0) is 11.4. The highest BCUT2D eigenvalue weighted by Crippen LogP contribution is 2.16. The molecular formula is C9H11ClN2O2S. The first kappa shape index (κ1) is 12.0. The van der Waals surface area contributed by atoms with Crippen molar-refractivity contribution in [3.8, 4) is 0 Å². The molecule has 1 atom stereocenters. The van der Waals surface area contributed by atoms with E-state index in [-0.39, 0.29) is 17.0 Å². The predicted molar refractivity (Wildman–Crippen MR) is 62.0 cm³/mol. The van der Waals surface area contributed by atoms with Gasteiger partial charge >= 0.3 is 0 Å². The average molecular weight is 247 g/mol. The average Bonchev–Trinajstić information content (AvgIpc) is 2.60. The van der Waals surface area contributed by atoms with Crippen LogP contribution in [0.4, 0.5) is 0 Å². The molecule has 1 heterocycles. The van der Waals surface area contributed by atoms with Crippen molar-refractivity contribution < 1.29 is 9.21 Å². The Morgan fingerprint density at radius 3 is 2.93 bits per heavy atom. The maximum atomic E-state index is 11.5. The zero-order valence-electron chi connectivity index (χ0n) is 8.12. The number of rotatable bonds is 4. The maximum Gasteiger partial charge on any atom is 0.256 e. The van der Waals surface area contributed by atoms with Crippen molar-refractivity contribution >= 4 is 34.7 Å². The van der Waals surface area contributed by atoms with Gasteiger partial charge in [0, 0.05) is 12.5 Å². The minimum atomic E-state index is -0.295. The van der Waals surface area contributed by atoms with Crippen LogP contribution in [0.5, 0.6) is 0 Å². The molecule has 0 saturated carbocycles. The van der Waals surface area contributed by atoms with Crippen molar-refractivity contribution in [2.75, 3.05) is 6.54 Å². The Kier molecular flexibility index (Phi) is 4.11. The second-order valence-electron chi connectivity index (χ2n) is 3.12. The van der Waals surface area contributed by atoms with E-state index in [1.54, 1.807) is 0 Å². The molecule has 15 heavy (non-hydrogen) atoms. The second-order valence-corrected chi connectivity index (χ2v) is 3.94. The molecule has 82 valence electrons. The number of thiocarbonyl (C=S) groups is 1. The summed E-state index contributed by atoms with van der Waals surface area (Å²) in [6, 6.07) is 1.50. The summed E-state index contributed by atoms with van der Waals surface area (Å²) in [5.74, 6) is -0.341. The standard InChI is InChI=1S/C9H11ClN2O2S/c1-5(8(11)15)4-12-9(13)6-2-3-14-7(6)10/h2-3,5H,4H2,1H3,(H2,11,15)(H,12,13). The summed E-state index contributed by atoms with van der Waals surface area (Å²) in [5, 5.41) is 2.74. The summed E-state index contributed by atoms with van der Waals surface area (Å²) >= 11 is 10.4. The molecule has 3 N–H and O–H groups in total. The van der Waals surface area contributed by atoms with Crippen molar-refractivity contribution in [3.63, 3.8) is 0 Å². The fraction of sp³-hybridized carbons (Fsp3) is 0.333. The van der Waals surface area contributed by atoms with Crippen molar-refractivity contribution in [2.45, 2.75) is 6.92 Å². The van der Waals surface area contributed by atoms with Crippen LogP contribution in [-0.4, -0.2) is 17.4 Å². The number of carbonyl (C=O) groups is 1. The molecule has 0 aliphatic heterocycles. The van der Waals surface area contributed by atoms with Crippen molar-refractivity contribution in [2.24, 2.45) is 11.7 Å². The molecule has 1 rings (SSSR count). The zero-order valence-corrected chi connectivity index (χ0v) is 9.69. The fourth-order valence-corrected chi connectivity index (χ4v) is 1.18. The molecule has 1 aromatic heterocycles. The number of hydrogen-bond acceptors (Lipinski definition) is 3. The Morgan fingerprint density at radius 1 is 1.80 bits per heavy atom. The Bertz CT molecular complexity index is 378. The number of furan rings is 1. The second kappa shape index (κ2) is 5.14. The first-order valence-corrected chi connectivity index (χ1v) is 5.11. The fourth-order valence-electron chi connectivity index (χ4n) is 0.897. The largest absolute Gasteiger partial charge is 0.452 e. The van der Waals surface area contributed by atoms with Crippen LogP contribution in [0.2, 0.25) is 5.22 Å². The van der Waals surface area contributed by atoms with E-state index in [9.17, 15) is 4.79 Å². The van der Waals surface area contributed by atoms with Gasteiger partial charge in [-0.3, -0.25) is 4.79 Å². The number of halogens is 1. The highest BCUT2D eigenvalue weighted by atomic mass is 35.5. The lowest BCUT2D eigenvalue weighted by Crippen LogP contribution is -2.33. The molecular weight excluding hydrogens is 236 g/mol. The summed E-state index contributed by atoms with van der Waals surface area (Å²) in [6.07, 6.45) is 1.36. The van der Waals surface area contributed by atoms with Crippen LogP contribution in [0.25, 0.3) is 0 Å². The molecule has 1 amide bonds. The molecule has 0 bridgehead atoms. The molecule has 1 aromatic rings. The minimum Gasteiger partial charge on any atom is -0.452 e. The quantitative estimate of drug-likeness (QED) is 0.792. The van der Waals surface area contributed by atoms with E-state index >= 15 is 0 Å². The number of nitrogens with two attached hydrogens (primary N) is 1. The first-order chi connectivity index (χ1) is 7.02. The Hall–Kier alpha value is -1.07. The van der Waals surface area contributed by atoms with E-state index in [1.165, 1.54) is 12.3 Å². The third-order valence-electron chi connectivity index (χ3n) is 1.92. The van der Waals surface area contributed by atoms with E-state index in [0.717, 1.165) is 0 Å². The van der Waals surface area contributed by atoms with Crippen LogP contribution in [0, 0.1) is 5.92 Å². The van der Waals surface area contributed by atoms with Crippen LogP contribution in [0.15, 0.2) is 16.7 Å². The summed E-state index contributed by atoms with van der Waals surface area (Å²) in [6.45, 7) is 2.22. The van der Waals surface area contributed by atoms with E-state index in [0.29, 0.717) is 17.1 Å². The molecule has 4 nitrogen and oxygen atoms in total. The highest BCUT2D eigenvalue weighted by Gasteiger charge is 2.14. The molecule has 0 aromatic carbocycles. The van der Waals surface area contributed by atoms with Crippen LogP contribution in [0.1, 0.15) is 17.3 Å². The van der Waals surface area contributed by atoms with Crippen molar-refractivity contribution in [1.82, 2.24) is 5.32 Å². The minimum absolute atomic E-state index is 0.0466. The van der Waals surface area contributed by atoms with E-state index in [4.69, 9.17) is 34.0 Å². The van der Waals surface area contributed by atoms with Crippen LogP contribution in [0.3, 0.4) is 0 Å². The Balaban J connectivity index is 2.51. The molecule has 0 aliphatic carbocycles. The van der Waals surface area contributed by atoms with Gasteiger partial charge in [-0.2, -0.15) is 0 Å². The van der Waals surface area contributed by atoms with Gasteiger partial charge in [0.2, 0.25) is 5.22 Å². The smallest absolute Gasteiger partial charge is 0.256 e. The number of hydrogen-bond donors (Lipinski definition) is 2.